The molecule has 2 aromatic carbocycles. The fourth-order valence-electron chi connectivity index (χ4n) is 3.74. The van der Waals surface area contributed by atoms with Gasteiger partial charge in [0.2, 0.25) is 0 Å². The Morgan fingerprint density at radius 2 is 1.68 bits per heavy atom. The van der Waals surface area contributed by atoms with Gasteiger partial charge in [0.05, 0.1) is 12.8 Å². The van der Waals surface area contributed by atoms with Gasteiger partial charge in [-0.2, -0.15) is 0 Å². The first-order valence-corrected chi connectivity index (χ1v) is 11.9. The molecule has 0 bridgehead atoms. The molecule has 0 saturated heterocycles. The first kappa shape index (κ1) is 23.6. The van der Waals surface area contributed by atoms with Gasteiger partial charge in [-0.3, -0.25) is 18.5 Å². The maximum Gasteiger partial charge on any atom is 0.330 e. The third-order valence-corrected chi connectivity index (χ3v) is 6.72. The molecule has 4 aromatic rings. The normalized spacial score (nSPS) is 11.2. The number of para-hydroxylation sites is 1. The Bertz CT molecular complexity index is 1430. The van der Waals surface area contributed by atoms with Crippen molar-refractivity contribution in [3.05, 3.63) is 86.7 Å². The van der Waals surface area contributed by atoms with Gasteiger partial charge in [0.25, 0.3) is 5.56 Å². The zero-order chi connectivity index (χ0) is 24.4. The van der Waals surface area contributed by atoms with Crippen molar-refractivity contribution in [3.63, 3.8) is 0 Å². The van der Waals surface area contributed by atoms with Gasteiger partial charge in [-0.1, -0.05) is 43.8 Å². The van der Waals surface area contributed by atoms with Crippen LogP contribution in [0.1, 0.15) is 31.0 Å². The molecule has 0 atom stereocenters. The zero-order valence-electron chi connectivity index (χ0n) is 19.8. The fourth-order valence-corrected chi connectivity index (χ4v) is 4.71. The predicted molar refractivity (Wildman–Crippen MR) is 134 cm³/mol. The van der Waals surface area contributed by atoms with Crippen molar-refractivity contribution in [2.75, 3.05) is 7.11 Å². The summed E-state index contributed by atoms with van der Waals surface area (Å²) in [4.78, 5) is 24.5. The lowest BCUT2D eigenvalue weighted by molar-refractivity contribution is 0.415. The molecule has 0 N–H and O–H groups in total. The van der Waals surface area contributed by atoms with E-state index in [-0.39, 0.29) is 17.2 Å². The molecule has 0 unspecified atom stereocenters. The van der Waals surface area contributed by atoms with Crippen LogP contribution in [-0.4, -0.2) is 31.0 Å². The smallest absolute Gasteiger partial charge is 0.330 e. The van der Waals surface area contributed by atoms with Gasteiger partial charge in [0.1, 0.15) is 5.75 Å². The van der Waals surface area contributed by atoms with Gasteiger partial charge in [0, 0.05) is 37.2 Å². The van der Waals surface area contributed by atoms with Crippen molar-refractivity contribution in [1.29, 1.82) is 0 Å². The largest absolute Gasteiger partial charge is 0.497 e. The van der Waals surface area contributed by atoms with E-state index in [0.29, 0.717) is 22.4 Å². The van der Waals surface area contributed by atoms with Gasteiger partial charge < -0.3 is 4.74 Å². The van der Waals surface area contributed by atoms with E-state index >= 15 is 0 Å². The van der Waals surface area contributed by atoms with Crippen LogP contribution in [0, 0.1) is 0 Å². The standard InChI is InChI=1S/C25H27N5O3S/c1-16(2)20-8-6-7-9-21(20)30-23(17-10-12-19(33-5)13-11-17)26-27-24(30)34-15-18-14-22(31)29(4)25(32)28(18)3/h6-14,16H,15H2,1-5H3. The number of ether oxygens (including phenoxy) is 1. The van der Waals surface area contributed by atoms with E-state index < -0.39 is 0 Å². The quantitative estimate of drug-likeness (QED) is 0.377. The van der Waals surface area contributed by atoms with Crippen molar-refractivity contribution in [2.45, 2.75) is 30.7 Å². The molecule has 4 rings (SSSR count). The second-order valence-corrected chi connectivity index (χ2v) is 9.19. The summed E-state index contributed by atoms with van der Waals surface area (Å²) < 4.78 is 9.92. The highest BCUT2D eigenvalue weighted by Crippen LogP contribution is 2.33. The topological polar surface area (TPSA) is 83.9 Å². The van der Waals surface area contributed by atoms with E-state index in [0.717, 1.165) is 21.6 Å². The van der Waals surface area contributed by atoms with Crippen LogP contribution in [0.2, 0.25) is 0 Å². The van der Waals surface area contributed by atoms with E-state index in [1.165, 1.54) is 35.0 Å². The maximum absolute atomic E-state index is 12.3. The van der Waals surface area contributed by atoms with Crippen LogP contribution >= 0.6 is 11.8 Å². The summed E-state index contributed by atoms with van der Waals surface area (Å²) in [6.45, 7) is 4.30. The number of methoxy groups -OCH3 is 1. The average molecular weight is 478 g/mol. The van der Waals surface area contributed by atoms with Gasteiger partial charge >= 0.3 is 5.69 Å². The number of nitrogens with zero attached hydrogens (tertiary/aromatic N) is 5. The summed E-state index contributed by atoms with van der Waals surface area (Å²) in [5.41, 5.74) is 3.00. The molecule has 176 valence electrons. The molecule has 9 heteroatoms. The Morgan fingerprint density at radius 3 is 2.35 bits per heavy atom. The predicted octanol–water partition coefficient (Wildman–Crippen LogP) is 3.76. The molecule has 34 heavy (non-hydrogen) atoms. The molecule has 2 aromatic heterocycles. The number of hydrogen-bond acceptors (Lipinski definition) is 6. The van der Waals surface area contributed by atoms with Crippen LogP contribution in [0.25, 0.3) is 17.1 Å². The van der Waals surface area contributed by atoms with Crippen molar-refractivity contribution in [1.82, 2.24) is 23.9 Å². The minimum Gasteiger partial charge on any atom is -0.497 e. The third kappa shape index (κ3) is 4.43. The molecule has 0 amide bonds. The number of rotatable bonds is 7. The highest BCUT2D eigenvalue weighted by atomic mass is 32.2. The van der Waals surface area contributed by atoms with Crippen molar-refractivity contribution < 1.29 is 4.74 Å². The van der Waals surface area contributed by atoms with E-state index in [9.17, 15) is 9.59 Å². The molecule has 0 saturated carbocycles. The molecule has 0 spiro atoms. The van der Waals surface area contributed by atoms with Crippen LogP contribution in [0.4, 0.5) is 0 Å². The van der Waals surface area contributed by atoms with E-state index in [1.54, 1.807) is 14.2 Å². The Hall–Kier alpha value is -3.59. The molecule has 0 aliphatic rings. The molecule has 0 aliphatic carbocycles. The molecule has 8 nitrogen and oxygen atoms in total. The number of aromatic nitrogens is 5. The Balaban J connectivity index is 1.82. The summed E-state index contributed by atoms with van der Waals surface area (Å²) in [5.74, 6) is 2.15. The Labute approximate surface area is 201 Å². The fraction of sp³-hybridized carbons (Fsp3) is 0.280. The van der Waals surface area contributed by atoms with E-state index in [1.807, 2.05) is 41.0 Å². The second-order valence-electron chi connectivity index (χ2n) is 8.25. The lowest BCUT2D eigenvalue weighted by Gasteiger charge is -2.17. The summed E-state index contributed by atoms with van der Waals surface area (Å²) in [6.07, 6.45) is 0. The average Bonchev–Trinajstić information content (AvgIpc) is 3.27. The maximum atomic E-state index is 12.3. The van der Waals surface area contributed by atoms with Crippen molar-refractivity contribution in [3.8, 4) is 22.8 Å². The van der Waals surface area contributed by atoms with Crippen molar-refractivity contribution >= 4 is 11.8 Å². The summed E-state index contributed by atoms with van der Waals surface area (Å²) >= 11 is 1.43. The molecule has 2 heterocycles. The van der Waals surface area contributed by atoms with Crippen LogP contribution < -0.4 is 16.0 Å². The molecular weight excluding hydrogens is 450 g/mol. The number of thioether (sulfide) groups is 1. The SMILES string of the molecule is COc1ccc(-c2nnc(SCc3cc(=O)n(C)c(=O)n3C)n2-c2ccccc2C(C)C)cc1. The lowest BCUT2D eigenvalue weighted by Crippen LogP contribution is -2.37. The van der Waals surface area contributed by atoms with Crippen LogP contribution in [0.3, 0.4) is 0 Å². The second kappa shape index (κ2) is 9.72. The number of hydrogen-bond donors (Lipinski definition) is 0. The van der Waals surface area contributed by atoms with Crippen LogP contribution in [-0.2, 0) is 19.8 Å². The molecule has 0 fully saturated rings. The monoisotopic (exact) mass is 477 g/mol. The van der Waals surface area contributed by atoms with Gasteiger partial charge in [-0.25, -0.2) is 4.79 Å². The summed E-state index contributed by atoms with van der Waals surface area (Å²) in [7, 11) is 4.77. The summed E-state index contributed by atoms with van der Waals surface area (Å²) in [5, 5.41) is 9.69. The van der Waals surface area contributed by atoms with E-state index in [4.69, 9.17) is 4.74 Å². The zero-order valence-corrected chi connectivity index (χ0v) is 20.7. The van der Waals surface area contributed by atoms with Crippen LogP contribution in [0.5, 0.6) is 5.75 Å². The van der Waals surface area contributed by atoms with Gasteiger partial charge in [-0.15, -0.1) is 10.2 Å². The molecular formula is C25H27N5O3S. The minimum absolute atomic E-state index is 0.290. The van der Waals surface area contributed by atoms with Crippen LogP contribution in [0.15, 0.2) is 69.3 Å². The number of benzene rings is 2. The Kier molecular flexibility index (Phi) is 6.74. The van der Waals surface area contributed by atoms with Gasteiger partial charge in [0.15, 0.2) is 11.0 Å². The molecule has 0 radical (unpaired) electrons. The summed E-state index contributed by atoms with van der Waals surface area (Å²) in [6, 6.07) is 17.4. The lowest BCUT2D eigenvalue weighted by atomic mass is 10.0. The van der Waals surface area contributed by atoms with Gasteiger partial charge in [-0.05, 0) is 41.8 Å². The first-order valence-electron chi connectivity index (χ1n) is 10.9. The Morgan fingerprint density at radius 1 is 0.971 bits per heavy atom. The highest BCUT2D eigenvalue weighted by Gasteiger charge is 2.20. The third-order valence-electron chi connectivity index (χ3n) is 5.76. The molecule has 0 aliphatic heterocycles. The minimum atomic E-state index is -0.353. The first-order chi connectivity index (χ1) is 16.3. The highest BCUT2D eigenvalue weighted by molar-refractivity contribution is 7.98. The van der Waals surface area contributed by atoms with Crippen molar-refractivity contribution in [2.24, 2.45) is 14.1 Å². The van der Waals surface area contributed by atoms with E-state index in [2.05, 4.69) is 36.2 Å².